The van der Waals surface area contributed by atoms with Gasteiger partial charge < -0.3 is 4.74 Å². The van der Waals surface area contributed by atoms with Crippen LogP contribution in [-0.4, -0.2) is 24.6 Å². The van der Waals surface area contributed by atoms with Crippen molar-refractivity contribution in [2.75, 3.05) is 13.7 Å². The van der Waals surface area contributed by atoms with Gasteiger partial charge in [0.05, 0.1) is 18.7 Å². The fourth-order valence-electron chi connectivity index (χ4n) is 2.96. The highest BCUT2D eigenvalue weighted by molar-refractivity contribution is 5.42. The Bertz CT molecular complexity index is 458. The number of methoxy groups -OCH3 is 1. The van der Waals surface area contributed by atoms with Crippen LogP contribution in [0.4, 0.5) is 0 Å². The Hall–Kier alpha value is -1.53. The molecule has 2 rings (SSSR count). The Balaban J connectivity index is 2.17. The van der Waals surface area contributed by atoms with E-state index in [0.717, 1.165) is 24.4 Å². The standard InChI is InChI=1S/C16H22N2O/c1-3-18(15-6-4-5-7-15)12-14-10-13(11-17)8-9-16(14)19-2/h8-10,15H,3-7,12H2,1-2H3. The Morgan fingerprint density at radius 1 is 1.37 bits per heavy atom. The van der Waals surface area contributed by atoms with E-state index in [1.807, 2.05) is 18.2 Å². The van der Waals surface area contributed by atoms with Crippen LogP contribution in [0.15, 0.2) is 18.2 Å². The third-order valence-electron chi connectivity index (χ3n) is 4.03. The van der Waals surface area contributed by atoms with E-state index in [0.29, 0.717) is 11.6 Å². The first-order chi connectivity index (χ1) is 9.28. The lowest BCUT2D eigenvalue weighted by molar-refractivity contribution is 0.198. The molecule has 1 aromatic carbocycles. The minimum absolute atomic E-state index is 0.695. The van der Waals surface area contributed by atoms with Gasteiger partial charge in [0.25, 0.3) is 0 Å². The van der Waals surface area contributed by atoms with E-state index in [2.05, 4.69) is 17.9 Å². The highest BCUT2D eigenvalue weighted by Gasteiger charge is 2.22. The van der Waals surface area contributed by atoms with Crippen LogP contribution in [0.25, 0.3) is 0 Å². The molecule has 0 unspecified atom stereocenters. The zero-order chi connectivity index (χ0) is 13.7. The first-order valence-corrected chi connectivity index (χ1v) is 7.09. The van der Waals surface area contributed by atoms with Gasteiger partial charge in [-0.15, -0.1) is 0 Å². The van der Waals surface area contributed by atoms with Gasteiger partial charge in [-0.3, -0.25) is 4.90 Å². The minimum Gasteiger partial charge on any atom is -0.496 e. The van der Waals surface area contributed by atoms with E-state index in [1.165, 1.54) is 25.7 Å². The molecule has 1 aliphatic rings. The molecule has 0 amide bonds. The third kappa shape index (κ3) is 3.27. The lowest BCUT2D eigenvalue weighted by Crippen LogP contribution is -2.32. The molecule has 1 saturated carbocycles. The van der Waals surface area contributed by atoms with Gasteiger partial charge in [0.2, 0.25) is 0 Å². The minimum atomic E-state index is 0.695. The second-order valence-electron chi connectivity index (χ2n) is 5.14. The molecule has 1 fully saturated rings. The summed E-state index contributed by atoms with van der Waals surface area (Å²) in [6.07, 6.45) is 5.29. The van der Waals surface area contributed by atoms with Crippen LogP contribution in [0.3, 0.4) is 0 Å². The molecule has 0 aliphatic heterocycles. The number of ether oxygens (including phenoxy) is 1. The average Bonchev–Trinajstić information content (AvgIpc) is 2.98. The summed E-state index contributed by atoms with van der Waals surface area (Å²) in [6, 6.07) is 8.57. The molecule has 1 aromatic rings. The number of rotatable bonds is 5. The Kier molecular flexibility index (Phi) is 4.81. The molecule has 0 atom stereocenters. The van der Waals surface area contributed by atoms with Crippen LogP contribution in [0, 0.1) is 11.3 Å². The first kappa shape index (κ1) is 13.9. The van der Waals surface area contributed by atoms with Crippen LogP contribution in [-0.2, 0) is 6.54 Å². The average molecular weight is 258 g/mol. The number of nitriles is 1. The Morgan fingerprint density at radius 2 is 2.11 bits per heavy atom. The second kappa shape index (κ2) is 6.58. The molecule has 0 saturated heterocycles. The van der Waals surface area contributed by atoms with Gasteiger partial charge >= 0.3 is 0 Å². The maximum atomic E-state index is 9.02. The highest BCUT2D eigenvalue weighted by atomic mass is 16.5. The molecule has 102 valence electrons. The van der Waals surface area contributed by atoms with Crippen LogP contribution < -0.4 is 4.74 Å². The molecule has 0 radical (unpaired) electrons. The predicted octanol–water partition coefficient (Wildman–Crippen LogP) is 3.33. The summed E-state index contributed by atoms with van der Waals surface area (Å²) >= 11 is 0. The van der Waals surface area contributed by atoms with E-state index in [-0.39, 0.29) is 0 Å². The summed E-state index contributed by atoms with van der Waals surface area (Å²) in [6.45, 7) is 4.13. The number of hydrogen-bond acceptors (Lipinski definition) is 3. The van der Waals surface area contributed by atoms with E-state index >= 15 is 0 Å². The van der Waals surface area contributed by atoms with Crippen molar-refractivity contribution in [1.82, 2.24) is 4.90 Å². The molecule has 0 aromatic heterocycles. The van der Waals surface area contributed by atoms with Crippen molar-refractivity contribution in [3.05, 3.63) is 29.3 Å². The maximum Gasteiger partial charge on any atom is 0.123 e. The van der Waals surface area contributed by atoms with E-state index < -0.39 is 0 Å². The number of benzene rings is 1. The van der Waals surface area contributed by atoms with Crippen molar-refractivity contribution in [2.45, 2.75) is 45.2 Å². The van der Waals surface area contributed by atoms with Gasteiger partial charge in [-0.1, -0.05) is 19.8 Å². The molecular formula is C16H22N2O. The lowest BCUT2D eigenvalue weighted by atomic mass is 10.1. The normalized spacial score (nSPS) is 15.7. The van der Waals surface area contributed by atoms with E-state index in [9.17, 15) is 0 Å². The van der Waals surface area contributed by atoms with Crippen LogP contribution in [0.1, 0.15) is 43.7 Å². The van der Waals surface area contributed by atoms with Crippen molar-refractivity contribution in [1.29, 1.82) is 5.26 Å². The summed E-state index contributed by atoms with van der Waals surface area (Å²) in [7, 11) is 1.69. The number of nitrogens with zero attached hydrogens (tertiary/aromatic N) is 2. The van der Waals surface area contributed by atoms with Crippen molar-refractivity contribution < 1.29 is 4.74 Å². The van der Waals surface area contributed by atoms with Crippen molar-refractivity contribution in [3.8, 4) is 11.8 Å². The van der Waals surface area contributed by atoms with Crippen molar-refractivity contribution >= 4 is 0 Å². The van der Waals surface area contributed by atoms with Crippen LogP contribution in [0.2, 0.25) is 0 Å². The molecule has 1 aliphatic carbocycles. The topological polar surface area (TPSA) is 36.3 Å². The second-order valence-corrected chi connectivity index (χ2v) is 5.14. The monoisotopic (exact) mass is 258 g/mol. The van der Waals surface area contributed by atoms with Crippen molar-refractivity contribution in [2.24, 2.45) is 0 Å². The largest absolute Gasteiger partial charge is 0.496 e. The quantitative estimate of drug-likeness (QED) is 0.812. The lowest BCUT2D eigenvalue weighted by Gasteiger charge is -2.28. The van der Waals surface area contributed by atoms with Gasteiger partial charge in [0.1, 0.15) is 5.75 Å². The molecule has 3 heteroatoms. The summed E-state index contributed by atoms with van der Waals surface area (Å²) < 4.78 is 5.42. The fourth-order valence-corrected chi connectivity index (χ4v) is 2.96. The predicted molar refractivity (Wildman–Crippen MR) is 76.0 cm³/mol. The fraction of sp³-hybridized carbons (Fsp3) is 0.562. The molecule has 0 spiro atoms. The maximum absolute atomic E-state index is 9.02. The van der Waals surface area contributed by atoms with Gasteiger partial charge in [-0.05, 0) is 37.6 Å². The smallest absolute Gasteiger partial charge is 0.123 e. The zero-order valence-corrected chi connectivity index (χ0v) is 11.9. The SMILES string of the molecule is CCN(Cc1cc(C#N)ccc1OC)C1CCCC1. The molecule has 0 bridgehead atoms. The molecule has 0 heterocycles. The molecule has 3 nitrogen and oxygen atoms in total. The molecule has 0 N–H and O–H groups in total. The summed E-state index contributed by atoms with van der Waals surface area (Å²) in [4.78, 5) is 2.51. The third-order valence-corrected chi connectivity index (χ3v) is 4.03. The number of hydrogen-bond donors (Lipinski definition) is 0. The first-order valence-electron chi connectivity index (χ1n) is 7.09. The Labute approximate surface area is 115 Å². The zero-order valence-electron chi connectivity index (χ0n) is 11.9. The van der Waals surface area contributed by atoms with Gasteiger partial charge in [0, 0.05) is 18.2 Å². The molecule has 19 heavy (non-hydrogen) atoms. The van der Waals surface area contributed by atoms with Crippen LogP contribution in [0.5, 0.6) is 5.75 Å². The molecular weight excluding hydrogens is 236 g/mol. The summed E-state index contributed by atoms with van der Waals surface area (Å²) in [5.74, 6) is 0.885. The highest BCUT2D eigenvalue weighted by Crippen LogP contribution is 2.27. The van der Waals surface area contributed by atoms with E-state index in [4.69, 9.17) is 10.00 Å². The van der Waals surface area contributed by atoms with Gasteiger partial charge in [0.15, 0.2) is 0 Å². The van der Waals surface area contributed by atoms with E-state index in [1.54, 1.807) is 7.11 Å². The summed E-state index contributed by atoms with van der Waals surface area (Å²) in [5.41, 5.74) is 1.83. The Morgan fingerprint density at radius 3 is 2.68 bits per heavy atom. The van der Waals surface area contributed by atoms with Crippen molar-refractivity contribution in [3.63, 3.8) is 0 Å². The van der Waals surface area contributed by atoms with Gasteiger partial charge in [-0.2, -0.15) is 5.26 Å². The van der Waals surface area contributed by atoms with Crippen LogP contribution >= 0.6 is 0 Å². The summed E-state index contributed by atoms with van der Waals surface area (Å²) in [5, 5.41) is 9.02. The van der Waals surface area contributed by atoms with Gasteiger partial charge in [-0.25, -0.2) is 0 Å².